The SMILES string of the molecule is C/C=C/CCCCCCCO[Si](C)(C)C(C)(C)C. The highest BCUT2D eigenvalue weighted by Crippen LogP contribution is 2.36. The van der Waals surface area contributed by atoms with E-state index in [1.165, 1.54) is 38.5 Å². The quantitative estimate of drug-likeness (QED) is 0.287. The molecule has 0 aromatic rings. The Bertz CT molecular complexity index is 226. The first-order valence-electron chi connectivity index (χ1n) is 7.56. The fraction of sp³-hybridized carbons (Fsp3) is 0.875. The zero-order chi connectivity index (χ0) is 14.1. The van der Waals surface area contributed by atoms with E-state index in [1.54, 1.807) is 0 Å². The lowest BCUT2D eigenvalue weighted by Crippen LogP contribution is -2.40. The minimum atomic E-state index is -1.50. The highest BCUT2D eigenvalue weighted by molar-refractivity contribution is 6.74. The van der Waals surface area contributed by atoms with Gasteiger partial charge in [0, 0.05) is 6.61 Å². The van der Waals surface area contributed by atoms with Gasteiger partial charge in [0.25, 0.3) is 0 Å². The third kappa shape index (κ3) is 8.10. The van der Waals surface area contributed by atoms with Crippen LogP contribution in [0.3, 0.4) is 0 Å². The summed E-state index contributed by atoms with van der Waals surface area (Å²) in [6.45, 7) is 14.7. The second-order valence-corrected chi connectivity index (χ2v) is 11.5. The van der Waals surface area contributed by atoms with E-state index in [9.17, 15) is 0 Å². The molecule has 0 aromatic heterocycles. The smallest absolute Gasteiger partial charge is 0.191 e. The van der Waals surface area contributed by atoms with Crippen LogP contribution in [0.5, 0.6) is 0 Å². The Balaban J connectivity index is 3.46. The standard InChI is InChI=1S/C16H34OSi/c1-7-8-9-10-11-12-13-14-15-17-18(5,6)16(2,3)4/h7-8H,9-15H2,1-6H3/b8-7+. The van der Waals surface area contributed by atoms with E-state index in [0.29, 0.717) is 5.04 Å². The largest absolute Gasteiger partial charge is 0.417 e. The summed E-state index contributed by atoms with van der Waals surface area (Å²) in [4.78, 5) is 0. The van der Waals surface area contributed by atoms with Gasteiger partial charge in [-0.3, -0.25) is 0 Å². The first-order valence-corrected chi connectivity index (χ1v) is 10.5. The van der Waals surface area contributed by atoms with Gasteiger partial charge in [-0.05, 0) is 44.3 Å². The Labute approximate surface area is 116 Å². The first kappa shape index (κ1) is 17.9. The molecule has 0 saturated heterocycles. The Kier molecular flexibility index (Phi) is 8.88. The van der Waals surface area contributed by atoms with E-state index in [1.807, 2.05) is 0 Å². The third-order valence-corrected chi connectivity index (χ3v) is 8.56. The Hall–Kier alpha value is -0.0831. The topological polar surface area (TPSA) is 9.23 Å². The van der Waals surface area contributed by atoms with Crippen LogP contribution in [0.2, 0.25) is 18.1 Å². The molecule has 0 unspecified atom stereocenters. The van der Waals surface area contributed by atoms with E-state index in [0.717, 1.165) is 6.61 Å². The van der Waals surface area contributed by atoms with E-state index >= 15 is 0 Å². The van der Waals surface area contributed by atoms with Gasteiger partial charge in [-0.2, -0.15) is 0 Å². The average Bonchev–Trinajstić information content (AvgIpc) is 2.25. The summed E-state index contributed by atoms with van der Waals surface area (Å²) in [5.41, 5.74) is 0. The van der Waals surface area contributed by atoms with Crippen molar-refractivity contribution in [3.8, 4) is 0 Å². The molecule has 0 aromatic carbocycles. The maximum atomic E-state index is 6.17. The predicted octanol–water partition coefficient (Wildman–Crippen LogP) is 5.92. The first-order chi connectivity index (χ1) is 8.31. The van der Waals surface area contributed by atoms with Gasteiger partial charge in [0.15, 0.2) is 8.32 Å². The monoisotopic (exact) mass is 270 g/mol. The van der Waals surface area contributed by atoms with Gasteiger partial charge in [0.1, 0.15) is 0 Å². The van der Waals surface area contributed by atoms with Gasteiger partial charge in [-0.25, -0.2) is 0 Å². The highest BCUT2D eigenvalue weighted by Gasteiger charge is 2.36. The van der Waals surface area contributed by atoms with Crippen molar-refractivity contribution in [2.24, 2.45) is 0 Å². The molecule has 0 spiro atoms. The van der Waals surface area contributed by atoms with Crippen LogP contribution in [0.25, 0.3) is 0 Å². The number of hydrogen-bond donors (Lipinski definition) is 0. The molecule has 0 heterocycles. The summed E-state index contributed by atoms with van der Waals surface area (Å²) in [7, 11) is -1.50. The van der Waals surface area contributed by atoms with Crippen molar-refractivity contribution in [3.05, 3.63) is 12.2 Å². The summed E-state index contributed by atoms with van der Waals surface area (Å²) in [5, 5.41) is 0.347. The van der Waals surface area contributed by atoms with Gasteiger partial charge in [-0.1, -0.05) is 52.2 Å². The molecule has 2 heteroatoms. The van der Waals surface area contributed by atoms with Crippen LogP contribution in [-0.2, 0) is 4.43 Å². The zero-order valence-electron chi connectivity index (χ0n) is 13.5. The number of rotatable bonds is 9. The highest BCUT2D eigenvalue weighted by atomic mass is 28.4. The molecule has 0 aliphatic carbocycles. The van der Waals surface area contributed by atoms with Crippen LogP contribution in [0, 0.1) is 0 Å². The van der Waals surface area contributed by atoms with E-state index < -0.39 is 8.32 Å². The summed E-state index contributed by atoms with van der Waals surface area (Å²) in [6, 6.07) is 0. The lowest BCUT2D eigenvalue weighted by molar-refractivity contribution is 0.277. The minimum absolute atomic E-state index is 0.347. The van der Waals surface area contributed by atoms with Crippen LogP contribution < -0.4 is 0 Å². The van der Waals surface area contributed by atoms with Gasteiger partial charge in [0.05, 0.1) is 0 Å². The van der Waals surface area contributed by atoms with Crippen LogP contribution in [-0.4, -0.2) is 14.9 Å². The number of unbranched alkanes of at least 4 members (excludes halogenated alkanes) is 5. The van der Waals surface area contributed by atoms with Crippen molar-refractivity contribution in [1.29, 1.82) is 0 Å². The summed E-state index contributed by atoms with van der Waals surface area (Å²) in [5.74, 6) is 0. The lowest BCUT2D eigenvalue weighted by Gasteiger charge is -2.36. The fourth-order valence-corrected chi connectivity index (χ4v) is 2.69. The van der Waals surface area contributed by atoms with Crippen molar-refractivity contribution in [3.63, 3.8) is 0 Å². The molecule has 108 valence electrons. The Morgan fingerprint density at radius 1 is 0.944 bits per heavy atom. The maximum absolute atomic E-state index is 6.17. The molecular formula is C16H34OSi. The van der Waals surface area contributed by atoms with Gasteiger partial charge in [0.2, 0.25) is 0 Å². The maximum Gasteiger partial charge on any atom is 0.191 e. The van der Waals surface area contributed by atoms with E-state index in [-0.39, 0.29) is 0 Å². The van der Waals surface area contributed by atoms with Crippen molar-refractivity contribution in [2.75, 3.05) is 6.61 Å². The van der Waals surface area contributed by atoms with Crippen LogP contribution in [0.4, 0.5) is 0 Å². The van der Waals surface area contributed by atoms with Crippen molar-refractivity contribution >= 4 is 8.32 Å². The average molecular weight is 271 g/mol. The molecule has 0 aliphatic rings. The molecular weight excluding hydrogens is 236 g/mol. The molecule has 0 fully saturated rings. The van der Waals surface area contributed by atoms with Crippen molar-refractivity contribution in [1.82, 2.24) is 0 Å². The Morgan fingerprint density at radius 2 is 1.50 bits per heavy atom. The summed E-state index contributed by atoms with van der Waals surface area (Å²) in [6.07, 6.45) is 12.3. The van der Waals surface area contributed by atoms with Crippen LogP contribution in [0.15, 0.2) is 12.2 Å². The molecule has 0 rings (SSSR count). The minimum Gasteiger partial charge on any atom is -0.417 e. The molecule has 0 amide bonds. The van der Waals surface area contributed by atoms with Crippen LogP contribution >= 0.6 is 0 Å². The summed E-state index contributed by atoms with van der Waals surface area (Å²) < 4.78 is 6.17. The molecule has 18 heavy (non-hydrogen) atoms. The third-order valence-electron chi connectivity index (χ3n) is 4.02. The molecule has 0 bridgehead atoms. The summed E-state index contributed by atoms with van der Waals surface area (Å²) >= 11 is 0. The van der Waals surface area contributed by atoms with Gasteiger partial charge < -0.3 is 4.43 Å². The van der Waals surface area contributed by atoms with Gasteiger partial charge >= 0.3 is 0 Å². The normalized spacial score (nSPS) is 13.4. The second kappa shape index (κ2) is 8.92. The van der Waals surface area contributed by atoms with Crippen LogP contribution in [0.1, 0.15) is 66.2 Å². The van der Waals surface area contributed by atoms with Gasteiger partial charge in [-0.15, -0.1) is 0 Å². The molecule has 0 aliphatic heterocycles. The molecule has 1 nitrogen and oxygen atoms in total. The lowest BCUT2D eigenvalue weighted by atomic mass is 10.1. The molecule has 0 radical (unpaired) electrons. The Morgan fingerprint density at radius 3 is 2.06 bits per heavy atom. The molecule has 0 atom stereocenters. The number of allylic oxidation sites excluding steroid dienone is 2. The van der Waals surface area contributed by atoms with Crippen molar-refractivity contribution in [2.45, 2.75) is 84.4 Å². The second-order valence-electron chi connectivity index (χ2n) is 6.73. The molecule has 0 N–H and O–H groups in total. The fourth-order valence-electron chi connectivity index (χ4n) is 1.61. The number of hydrogen-bond acceptors (Lipinski definition) is 1. The van der Waals surface area contributed by atoms with Crippen molar-refractivity contribution < 1.29 is 4.43 Å². The molecule has 0 saturated carbocycles. The zero-order valence-corrected chi connectivity index (χ0v) is 14.5. The van der Waals surface area contributed by atoms with E-state index in [4.69, 9.17) is 4.43 Å². The predicted molar refractivity (Wildman–Crippen MR) is 85.7 cm³/mol. The van der Waals surface area contributed by atoms with E-state index in [2.05, 4.69) is 52.9 Å².